The van der Waals surface area contributed by atoms with E-state index in [2.05, 4.69) is 52.8 Å². The van der Waals surface area contributed by atoms with Crippen LogP contribution in [0.5, 0.6) is 11.5 Å². The summed E-state index contributed by atoms with van der Waals surface area (Å²) < 4.78 is 10.9. The van der Waals surface area contributed by atoms with Crippen LogP contribution in [-0.4, -0.2) is 11.4 Å². The molecule has 2 heterocycles. The SMILES string of the molecule is BrC1=Nc2cc3c(cc2C1(Br)Br)OCO3. The molecule has 1 aromatic carbocycles. The molecule has 0 radical (unpaired) electrons. The lowest BCUT2D eigenvalue weighted by molar-refractivity contribution is 0.174. The fourth-order valence-electron chi connectivity index (χ4n) is 1.56. The molecular weight excluding hydrogens is 394 g/mol. The molecule has 0 saturated carbocycles. The van der Waals surface area contributed by atoms with Crippen molar-refractivity contribution in [1.82, 2.24) is 0 Å². The van der Waals surface area contributed by atoms with E-state index in [1.807, 2.05) is 12.1 Å². The van der Waals surface area contributed by atoms with E-state index in [4.69, 9.17) is 9.47 Å². The second-order valence-electron chi connectivity index (χ2n) is 3.20. The number of nitrogens with zero attached hydrogens (tertiary/aromatic N) is 1. The Bertz CT molecular complexity index is 484. The Balaban J connectivity index is 2.23. The molecule has 15 heavy (non-hydrogen) atoms. The topological polar surface area (TPSA) is 30.8 Å². The Morgan fingerprint density at radius 3 is 2.60 bits per heavy atom. The molecule has 3 nitrogen and oxygen atoms in total. The standard InChI is InChI=1S/C9H4Br3NO2/c10-8-9(11,12)4-1-6-7(15-3-14-6)2-5(4)13-8/h1-2H,3H2. The van der Waals surface area contributed by atoms with E-state index >= 15 is 0 Å². The molecule has 0 amide bonds. The molecule has 0 unspecified atom stereocenters. The van der Waals surface area contributed by atoms with E-state index in [0.29, 0.717) is 0 Å². The normalized spacial score (nSPS) is 20.1. The number of fused-ring (bicyclic) bond motifs is 2. The number of benzene rings is 1. The highest BCUT2D eigenvalue weighted by Gasteiger charge is 2.39. The molecule has 0 aromatic heterocycles. The van der Waals surface area contributed by atoms with Gasteiger partial charge >= 0.3 is 0 Å². The minimum atomic E-state index is -0.448. The van der Waals surface area contributed by atoms with Gasteiger partial charge in [-0.25, -0.2) is 4.99 Å². The molecule has 0 N–H and O–H groups in total. The fourth-order valence-corrected chi connectivity index (χ4v) is 2.78. The third-order valence-corrected chi connectivity index (χ3v) is 5.75. The minimum Gasteiger partial charge on any atom is -0.454 e. The number of alkyl halides is 2. The smallest absolute Gasteiger partial charge is 0.231 e. The van der Waals surface area contributed by atoms with Gasteiger partial charge in [-0.1, -0.05) is 31.9 Å². The van der Waals surface area contributed by atoms with Gasteiger partial charge in [0.05, 0.1) is 5.69 Å². The average Bonchev–Trinajstić information content (AvgIpc) is 2.69. The Labute approximate surface area is 111 Å². The van der Waals surface area contributed by atoms with Crippen LogP contribution in [0.3, 0.4) is 0 Å². The van der Waals surface area contributed by atoms with E-state index in [-0.39, 0.29) is 6.79 Å². The predicted molar refractivity (Wildman–Crippen MR) is 68.1 cm³/mol. The molecule has 0 fully saturated rings. The summed E-state index contributed by atoms with van der Waals surface area (Å²) in [5, 5.41) is 0. The lowest BCUT2D eigenvalue weighted by Crippen LogP contribution is -2.11. The summed E-state index contributed by atoms with van der Waals surface area (Å²) >= 11 is 10.5. The summed E-state index contributed by atoms with van der Waals surface area (Å²) in [5.41, 5.74) is 1.89. The van der Waals surface area contributed by atoms with Crippen LogP contribution in [0, 0.1) is 0 Å². The van der Waals surface area contributed by atoms with Crippen molar-refractivity contribution in [3.8, 4) is 11.5 Å². The van der Waals surface area contributed by atoms with Gasteiger partial charge in [-0.3, -0.25) is 0 Å². The number of halogens is 3. The summed E-state index contributed by atoms with van der Waals surface area (Å²) in [6.07, 6.45) is 0. The molecule has 0 bridgehead atoms. The van der Waals surface area contributed by atoms with Gasteiger partial charge in [0.15, 0.2) is 14.7 Å². The first-order valence-electron chi connectivity index (χ1n) is 4.15. The third kappa shape index (κ3) is 1.38. The van der Waals surface area contributed by atoms with Crippen LogP contribution < -0.4 is 9.47 Å². The van der Waals surface area contributed by atoms with Crippen molar-refractivity contribution in [2.45, 2.75) is 3.23 Å². The number of hydrogen-bond acceptors (Lipinski definition) is 3. The predicted octanol–water partition coefficient (Wildman–Crippen LogP) is 3.80. The zero-order chi connectivity index (χ0) is 10.6. The molecule has 78 valence electrons. The van der Waals surface area contributed by atoms with Crippen LogP contribution in [0.1, 0.15) is 5.56 Å². The van der Waals surface area contributed by atoms with Crippen molar-refractivity contribution in [2.24, 2.45) is 4.99 Å². The van der Waals surface area contributed by atoms with Gasteiger partial charge in [-0.05, 0) is 22.0 Å². The minimum absolute atomic E-state index is 0.278. The van der Waals surface area contributed by atoms with Crippen molar-refractivity contribution in [3.05, 3.63) is 17.7 Å². The van der Waals surface area contributed by atoms with Gasteiger partial charge in [0.2, 0.25) is 6.79 Å². The lowest BCUT2D eigenvalue weighted by atomic mass is 10.1. The summed E-state index contributed by atoms with van der Waals surface area (Å²) in [6, 6.07) is 3.81. The fraction of sp³-hybridized carbons (Fsp3) is 0.222. The van der Waals surface area contributed by atoms with E-state index in [0.717, 1.165) is 27.4 Å². The van der Waals surface area contributed by atoms with Crippen LogP contribution in [0.25, 0.3) is 0 Å². The maximum Gasteiger partial charge on any atom is 0.231 e. The maximum atomic E-state index is 5.32. The van der Waals surface area contributed by atoms with Crippen LogP contribution in [0.2, 0.25) is 0 Å². The second-order valence-corrected chi connectivity index (χ2v) is 7.39. The zero-order valence-electron chi connectivity index (χ0n) is 7.26. The molecule has 0 saturated heterocycles. The van der Waals surface area contributed by atoms with Gasteiger partial charge in [0.1, 0.15) is 4.62 Å². The second kappa shape index (κ2) is 3.21. The van der Waals surface area contributed by atoms with E-state index in [9.17, 15) is 0 Å². The lowest BCUT2D eigenvalue weighted by Gasteiger charge is -2.14. The van der Waals surface area contributed by atoms with Gasteiger partial charge in [-0.15, -0.1) is 0 Å². The van der Waals surface area contributed by atoms with Crippen molar-refractivity contribution < 1.29 is 9.47 Å². The Hall–Kier alpha value is -0.0700. The quantitative estimate of drug-likeness (QED) is 0.623. The van der Waals surface area contributed by atoms with Crippen LogP contribution in [-0.2, 0) is 3.23 Å². The van der Waals surface area contributed by atoms with Gasteiger partial charge in [-0.2, -0.15) is 0 Å². The molecule has 2 aliphatic heterocycles. The number of ether oxygens (including phenoxy) is 2. The van der Waals surface area contributed by atoms with Gasteiger partial charge in [0.25, 0.3) is 0 Å². The molecule has 2 aliphatic rings. The highest BCUT2D eigenvalue weighted by Crippen LogP contribution is 2.54. The highest BCUT2D eigenvalue weighted by atomic mass is 79.9. The first kappa shape index (κ1) is 10.1. The molecule has 6 heteroatoms. The average molecular weight is 398 g/mol. The Morgan fingerprint density at radius 1 is 1.20 bits per heavy atom. The Kier molecular flexibility index (Phi) is 2.16. The van der Waals surface area contributed by atoms with E-state index in [1.54, 1.807) is 0 Å². The first-order valence-corrected chi connectivity index (χ1v) is 6.53. The van der Waals surface area contributed by atoms with Crippen molar-refractivity contribution in [1.29, 1.82) is 0 Å². The maximum absolute atomic E-state index is 5.32. The van der Waals surface area contributed by atoms with Crippen molar-refractivity contribution in [3.63, 3.8) is 0 Å². The third-order valence-electron chi connectivity index (χ3n) is 2.31. The van der Waals surface area contributed by atoms with Gasteiger partial charge < -0.3 is 9.47 Å². The highest BCUT2D eigenvalue weighted by molar-refractivity contribution is 9.28. The zero-order valence-corrected chi connectivity index (χ0v) is 12.0. The summed E-state index contributed by atoms with van der Waals surface area (Å²) in [4.78, 5) is 4.39. The monoisotopic (exact) mass is 395 g/mol. The summed E-state index contributed by atoms with van der Waals surface area (Å²) in [7, 11) is 0. The van der Waals surface area contributed by atoms with Crippen LogP contribution in [0.15, 0.2) is 17.1 Å². The van der Waals surface area contributed by atoms with Crippen LogP contribution >= 0.6 is 47.8 Å². The van der Waals surface area contributed by atoms with E-state index in [1.165, 1.54) is 0 Å². The molecule has 3 rings (SSSR count). The summed E-state index contributed by atoms with van der Waals surface area (Å²) in [5.74, 6) is 1.50. The van der Waals surface area contributed by atoms with Gasteiger partial charge in [0, 0.05) is 11.6 Å². The molecular formula is C9H4Br3NO2. The van der Waals surface area contributed by atoms with Crippen molar-refractivity contribution in [2.75, 3.05) is 6.79 Å². The number of hydrogen-bond donors (Lipinski definition) is 0. The number of rotatable bonds is 0. The van der Waals surface area contributed by atoms with E-state index < -0.39 is 3.23 Å². The van der Waals surface area contributed by atoms with Crippen LogP contribution in [0.4, 0.5) is 5.69 Å². The largest absolute Gasteiger partial charge is 0.454 e. The molecule has 1 aromatic rings. The first-order chi connectivity index (χ1) is 7.09. The Morgan fingerprint density at radius 2 is 1.87 bits per heavy atom. The molecule has 0 spiro atoms. The molecule has 0 atom stereocenters. The van der Waals surface area contributed by atoms with Crippen molar-refractivity contribution >= 4 is 58.1 Å². The number of aliphatic imine (C=N–C) groups is 1. The molecule has 0 aliphatic carbocycles. The summed E-state index contributed by atoms with van der Waals surface area (Å²) in [6.45, 7) is 0.278.